The summed E-state index contributed by atoms with van der Waals surface area (Å²) in [5.41, 5.74) is 4.50. The van der Waals surface area contributed by atoms with Crippen molar-refractivity contribution in [3.63, 3.8) is 0 Å². The first-order valence-corrected chi connectivity index (χ1v) is 3.08. The van der Waals surface area contributed by atoms with Gasteiger partial charge in [-0.15, -0.1) is 0 Å². The molecule has 0 spiro atoms. The molecule has 2 nitrogen and oxygen atoms in total. The SMILES string of the molecule is CCNC(C)C.CN. The van der Waals surface area contributed by atoms with Gasteiger partial charge in [-0.1, -0.05) is 20.8 Å². The van der Waals surface area contributed by atoms with Crippen molar-refractivity contribution in [1.82, 2.24) is 5.32 Å². The van der Waals surface area contributed by atoms with E-state index in [2.05, 4.69) is 31.8 Å². The number of hydrogen-bond donors (Lipinski definition) is 2. The molecule has 8 heavy (non-hydrogen) atoms. The van der Waals surface area contributed by atoms with Crippen molar-refractivity contribution in [1.29, 1.82) is 0 Å². The molecule has 52 valence electrons. The predicted octanol–water partition coefficient (Wildman–Crippen LogP) is 0.579. The molecule has 0 bridgehead atoms. The average Bonchev–Trinajstić information content (AvgIpc) is 1.72. The van der Waals surface area contributed by atoms with Gasteiger partial charge in [-0.2, -0.15) is 0 Å². The van der Waals surface area contributed by atoms with Crippen LogP contribution in [0.2, 0.25) is 0 Å². The third-order valence-corrected chi connectivity index (χ3v) is 0.612. The fourth-order valence-corrected chi connectivity index (χ4v) is 0.408. The van der Waals surface area contributed by atoms with E-state index in [1.54, 1.807) is 0 Å². The summed E-state index contributed by atoms with van der Waals surface area (Å²) in [6, 6.07) is 0.648. The normalized spacial score (nSPS) is 8.25. The zero-order chi connectivity index (χ0) is 6.99. The van der Waals surface area contributed by atoms with Crippen LogP contribution < -0.4 is 11.1 Å². The summed E-state index contributed by atoms with van der Waals surface area (Å²) in [6.07, 6.45) is 0. The van der Waals surface area contributed by atoms with Crippen LogP contribution in [0.3, 0.4) is 0 Å². The smallest absolute Gasteiger partial charge is 0.00102 e. The molecule has 3 N–H and O–H groups in total. The first-order chi connectivity index (χ1) is 3.77. The standard InChI is InChI=1S/C5H13N.CH5N/c1-4-6-5(2)3;1-2/h5-6H,4H2,1-3H3;2H2,1H3. The second-order valence-corrected chi connectivity index (χ2v) is 1.71. The number of rotatable bonds is 2. The Morgan fingerprint density at radius 2 is 1.75 bits per heavy atom. The Morgan fingerprint density at radius 1 is 1.38 bits per heavy atom. The summed E-state index contributed by atoms with van der Waals surface area (Å²) in [5, 5.41) is 3.21. The number of hydrogen-bond acceptors (Lipinski definition) is 2. The Balaban J connectivity index is 0. The molecule has 0 saturated carbocycles. The second-order valence-electron chi connectivity index (χ2n) is 1.71. The molecule has 0 aromatic rings. The molecule has 0 fully saturated rings. The van der Waals surface area contributed by atoms with E-state index in [-0.39, 0.29) is 0 Å². The van der Waals surface area contributed by atoms with Crippen molar-refractivity contribution < 1.29 is 0 Å². The van der Waals surface area contributed by atoms with Gasteiger partial charge in [0.15, 0.2) is 0 Å². The van der Waals surface area contributed by atoms with E-state index < -0.39 is 0 Å². The molecule has 0 aliphatic rings. The minimum atomic E-state index is 0.648. The Bertz CT molecular complexity index is 27.7. The fourth-order valence-electron chi connectivity index (χ4n) is 0.408. The monoisotopic (exact) mass is 118 g/mol. The van der Waals surface area contributed by atoms with Gasteiger partial charge in [0.2, 0.25) is 0 Å². The van der Waals surface area contributed by atoms with Crippen LogP contribution in [0.15, 0.2) is 0 Å². The fraction of sp³-hybridized carbons (Fsp3) is 1.00. The maximum Gasteiger partial charge on any atom is 0.00102 e. The molecule has 0 aliphatic carbocycles. The minimum absolute atomic E-state index is 0.648. The van der Waals surface area contributed by atoms with E-state index in [1.807, 2.05) is 0 Å². The van der Waals surface area contributed by atoms with Gasteiger partial charge in [0.1, 0.15) is 0 Å². The molecule has 0 rings (SSSR count). The molecule has 0 radical (unpaired) electrons. The van der Waals surface area contributed by atoms with Crippen LogP contribution in [0, 0.1) is 0 Å². The quantitative estimate of drug-likeness (QED) is 0.556. The van der Waals surface area contributed by atoms with Crippen LogP contribution in [0.5, 0.6) is 0 Å². The Labute approximate surface area is 52.5 Å². The van der Waals surface area contributed by atoms with Crippen LogP contribution in [-0.4, -0.2) is 19.6 Å². The van der Waals surface area contributed by atoms with E-state index in [4.69, 9.17) is 0 Å². The van der Waals surface area contributed by atoms with Crippen molar-refractivity contribution in [2.45, 2.75) is 26.8 Å². The van der Waals surface area contributed by atoms with Gasteiger partial charge in [-0.3, -0.25) is 0 Å². The molecule has 0 unspecified atom stereocenters. The van der Waals surface area contributed by atoms with E-state index in [0.717, 1.165) is 6.54 Å². The molecule has 0 heterocycles. The highest BCUT2D eigenvalue weighted by Crippen LogP contribution is 1.70. The molecule has 0 saturated heterocycles. The maximum absolute atomic E-state index is 4.50. The van der Waals surface area contributed by atoms with Gasteiger partial charge in [0, 0.05) is 6.04 Å². The van der Waals surface area contributed by atoms with Crippen LogP contribution in [-0.2, 0) is 0 Å². The van der Waals surface area contributed by atoms with Crippen molar-refractivity contribution in [2.75, 3.05) is 13.6 Å². The topological polar surface area (TPSA) is 38.0 Å². The molecule has 2 heteroatoms. The van der Waals surface area contributed by atoms with Crippen molar-refractivity contribution in [3.05, 3.63) is 0 Å². The minimum Gasteiger partial charge on any atom is -0.333 e. The Hall–Kier alpha value is -0.0800. The van der Waals surface area contributed by atoms with Crippen LogP contribution in [0.25, 0.3) is 0 Å². The van der Waals surface area contributed by atoms with E-state index in [1.165, 1.54) is 7.05 Å². The van der Waals surface area contributed by atoms with Crippen molar-refractivity contribution >= 4 is 0 Å². The summed E-state index contributed by atoms with van der Waals surface area (Å²) >= 11 is 0. The van der Waals surface area contributed by atoms with Gasteiger partial charge in [-0.05, 0) is 13.6 Å². The molecular weight excluding hydrogens is 100 g/mol. The molecule has 0 amide bonds. The van der Waals surface area contributed by atoms with E-state index in [9.17, 15) is 0 Å². The van der Waals surface area contributed by atoms with Crippen molar-refractivity contribution in [2.24, 2.45) is 5.73 Å². The lowest BCUT2D eigenvalue weighted by Gasteiger charge is -2.00. The zero-order valence-electron chi connectivity index (χ0n) is 6.36. The van der Waals surface area contributed by atoms with Crippen molar-refractivity contribution in [3.8, 4) is 0 Å². The highest BCUT2D eigenvalue weighted by Gasteiger charge is 1.82. The Kier molecular flexibility index (Phi) is 13.6. The lowest BCUT2D eigenvalue weighted by Crippen LogP contribution is -2.21. The molecule has 0 aromatic carbocycles. The van der Waals surface area contributed by atoms with Gasteiger partial charge in [0.05, 0.1) is 0 Å². The highest BCUT2D eigenvalue weighted by molar-refractivity contribution is 4.46. The first kappa shape index (κ1) is 10.8. The zero-order valence-corrected chi connectivity index (χ0v) is 6.36. The lowest BCUT2D eigenvalue weighted by molar-refractivity contribution is 0.613. The van der Waals surface area contributed by atoms with Crippen LogP contribution >= 0.6 is 0 Å². The van der Waals surface area contributed by atoms with Gasteiger partial charge < -0.3 is 11.1 Å². The maximum atomic E-state index is 4.50. The van der Waals surface area contributed by atoms with Gasteiger partial charge in [0.25, 0.3) is 0 Å². The summed E-state index contributed by atoms with van der Waals surface area (Å²) in [6.45, 7) is 7.48. The molecule has 0 aromatic heterocycles. The molecule has 0 atom stereocenters. The molecule has 0 aliphatic heterocycles. The summed E-state index contributed by atoms with van der Waals surface area (Å²) in [7, 11) is 1.50. The third-order valence-electron chi connectivity index (χ3n) is 0.612. The van der Waals surface area contributed by atoms with Crippen LogP contribution in [0.1, 0.15) is 20.8 Å². The largest absolute Gasteiger partial charge is 0.333 e. The average molecular weight is 118 g/mol. The highest BCUT2D eigenvalue weighted by atomic mass is 14.9. The molecular formula is C6H18N2. The second kappa shape index (κ2) is 10.0. The predicted molar refractivity (Wildman–Crippen MR) is 38.9 cm³/mol. The van der Waals surface area contributed by atoms with E-state index >= 15 is 0 Å². The summed E-state index contributed by atoms with van der Waals surface area (Å²) < 4.78 is 0. The van der Waals surface area contributed by atoms with Gasteiger partial charge in [-0.25, -0.2) is 0 Å². The summed E-state index contributed by atoms with van der Waals surface area (Å²) in [5.74, 6) is 0. The third kappa shape index (κ3) is 16.8. The van der Waals surface area contributed by atoms with Gasteiger partial charge >= 0.3 is 0 Å². The lowest BCUT2D eigenvalue weighted by atomic mass is 10.4. The van der Waals surface area contributed by atoms with E-state index in [0.29, 0.717) is 6.04 Å². The van der Waals surface area contributed by atoms with Crippen LogP contribution in [0.4, 0.5) is 0 Å². The first-order valence-electron chi connectivity index (χ1n) is 3.08. The summed E-state index contributed by atoms with van der Waals surface area (Å²) in [4.78, 5) is 0. The Morgan fingerprint density at radius 3 is 1.75 bits per heavy atom. The number of nitrogens with one attached hydrogen (secondary N) is 1. The number of nitrogens with two attached hydrogens (primary N) is 1.